The summed E-state index contributed by atoms with van der Waals surface area (Å²) in [4.78, 5) is 14.8. The average molecular weight is 330 g/mol. The van der Waals surface area contributed by atoms with Gasteiger partial charge in [0.1, 0.15) is 5.69 Å². The molecule has 1 amide bonds. The average Bonchev–Trinajstić information content (AvgIpc) is 3.25. The molecule has 3 heterocycles. The zero-order chi connectivity index (χ0) is 17.3. The number of likely N-dealkylation sites (N-methyl/N-ethyl adjacent to an activating group) is 1. The van der Waals surface area contributed by atoms with Gasteiger partial charge in [0, 0.05) is 30.9 Å². The highest BCUT2D eigenvalue weighted by Gasteiger charge is 2.24. The lowest BCUT2D eigenvalue weighted by atomic mass is 10.1. The van der Waals surface area contributed by atoms with E-state index in [1.54, 1.807) is 6.07 Å². The molecule has 7 heteroatoms. The molecule has 130 valence electrons. The fourth-order valence-corrected chi connectivity index (χ4v) is 3.56. The van der Waals surface area contributed by atoms with E-state index in [-0.39, 0.29) is 5.91 Å². The molecule has 1 aliphatic rings. The first-order chi connectivity index (χ1) is 11.5. The third-order valence-corrected chi connectivity index (χ3v) is 4.99. The molecule has 0 unspecified atom stereocenters. The molecule has 24 heavy (non-hydrogen) atoms. The molecule has 2 aromatic rings. The number of carbonyl (C=O) groups is 1. The van der Waals surface area contributed by atoms with E-state index < -0.39 is 0 Å². The Morgan fingerprint density at radius 1 is 1.46 bits per heavy atom. The van der Waals surface area contributed by atoms with Gasteiger partial charge in [0.2, 0.25) is 0 Å². The number of amides is 1. The second-order valence-corrected chi connectivity index (χ2v) is 6.47. The van der Waals surface area contributed by atoms with Crippen LogP contribution in [-0.4, -0.2) is 56.5 Å². The third-order valence-electron chi connectivity index (χ3n) is 4.99. The highest BCUT2D eigenvalue weighted by Crippen LogP contribution is 2.25. The number of nitrogens with zero attached hydrogens (tertiary/aromatic N) is 4. The normalized spacial score (nSPS) is 18.2. The van der Waals surface area contributed by atoms with E-state index in [1.807, 2.05) is 25.6 Å². The van der Waals surface area contributed by atoms with Crippen LogP contribution in [0.3, 0.4) is 0 Å². The largest absolute Gasteiger partial charge is 0.349 e. The third kappa shape index (κ3) is 3.08. The lowest BCUT2D eigenvalue weighted by Crippen LogP contribution is -2.40. The molecule has 2 aromatic heterocycles. The Balaban J connectivity index is 1.68. The fourth-order valence-electron chi connectivity index (χ4n) is 3.56. The van der Waals surface area contributed by atoms with Crippen LogP contribution in [0.15, 0.2) is 6.07 Å². The number of hydrogen-bond acceptors (Lipinski definition) is 4. The molecule has 0 radical (unpaired) electrons. The van der Waals surface area contributed by atoms with E-state index in [4.69, 9.17) is 0 Å². The van der Waals surface area contributed by atoms with E-state index in [0.29, 0.717) is 18.3 Å². The van der Waals surface area contributed by atoms with Crippen molar-refractivity contribution in [2.24, 2.45) is 7.05 Å². The molecule has 1 saturated heterocycles. The Morgan fingerprint density at radius 3 is 2.92 bits per heavy atom. The van der Waals surface area contributed by atoms with Crippen molar-refractivity contribution >= 4 is 5.91 Å². The van der Waals surface area contributed by atoms with Gasteiger partial charge in [0.25, 0.3) is 5.91 Å². The molecule has 1 atom stereocenters. The first-order valence-corrected chi connectivity index (χ1v) is 8.59. The fraction of sp³-hybridized carbons (Fsp3) is 0.588. The lowest BCUT2D eigenvalue weighted by molar-refractivity contribution is 0.0936. The number of rotatable bonds is 5. The lowest BCUT2D eigenvalue weighted by Gasteiger charge is -2.22. The molecule has 1 fully saturated rings. The van der Waals surface area contributed by atoms with Crippen molar-refractivity contribution in [2.45, 2.75) is 39.7 Å². The van der Waals surface area contributed by atoms with Crippen molar-refractivity contribution < 1.29 is 4.79 Å². The van der Waals surface area contributed by atoms with Crippen LogP contribution in [0.4, 0.5) is 0 Å². The maximum atomic E-state index is 12.4. The van der Waals surface area contributed by atoms with Gasteiger partial charge in [-0.1, -0.05) is 6.92 Å². The molecular weight excluding hydrogens is 304 g/mol. The van der Waals surface area contributed by atoms with Crippen LogP contribution in [0.1, 0.15) is 41.6 Å². The summed E-state index contributed by atoms with van der Waals surface area (Å²) in [5.41, 5.74) is 4.20. The summed E-state index contributed by atoms with van der Waals surface area (Å²) < 4.78 is 1.83. The van der Waals surface area contributed by atoms with Crippen molar-refractivity contribution in [2.75, 3.05) is 19.6 Å². The minimum absolute atomic E-state index is 0.101. The summed E-state index contributed by atoms with van der Waals surface area (Å²) in [5.74, 6) is -0.101. The van der Waals surface area contributed by atoms with Crippen LogP contribution in [0, 0.1) is 13.8 Å². The van der Waals surface area contributed by atoms with E-state index in [1.165, 1.54) is 6.42 Å². The molecule has 0 saturated carbocycles. The summed E-state index contributed by atoms with van der Waals surface area (Å²) >= 11 is 0. The van der Waals surface area contributed by atoms with Gasteiger partial charge in [-0.3, -0.25) is 19.5 Å². The number of carbonyl (C=O) groups excluding carboxylic acids is 1. The van der Waals surface area contributed by atoms with Crippen LogP contribution < -0.4 is 5.32 Å². The maximum Gasteiger partial charge on any atom is 0.269 e. The Kier molecular flexibility index (Phi) is 4.71. The number of H-pyrrole nitrogens is 1. The van der Waals surface area contributed by atoms with E-state index in [0.717, 1.165) is 42.2 Å². The molecule has 0 aromatic carbocycles. The number of aromatic amines is 1. The molecule has 2 N–H and O–H groups in total. The van der Waals surface area contributed by atoms with Crippen LogP contribution >= 0.6 is 0 Å². The highest BCUT2D eigenvalue weighted by atomic mass is 16.1. The first-order valence-electron chi connectivity index (χ1n) is 8.59. The second-order valence-electron chi connectivity index (χ2n) is 6.47. The number of nitrogens with one attached hydrogen (secondary N) is 2. The monoisotopic (exact) mass is 330 g/mol. The molecule has 0 aliphatic carbocycles. The first kappa shape index (κ1) is 16.7. The number of likely N-dealkylation sites (tertiary alicyclic amines) is 1. The summed E-state index contributed by atoms with van der Waals surface area (Å²) in [5, 5.41) is 14.6. The van der Waals surface area contributed by atoms with Gasteiger partial charge < -0.3 is 5.32 Å². The number of aromatic nitrogens is 4. The van der Waals surface area contributed by atoms with Crippen molar-refractivity contribution in [1.29, 1.82) is 0 Å². The molecule has 3 rings (SSSR count). The highest BCUT2D eigenvalue weighted by molar-refractivity contribution is 5.93. The molecule has 0 spiro atoms. The Labute approximate surface area is 142 Å². The predicted molar refractivity (Wildman–Crippen MR) is 92.9 cm³/mol. The predicted octanol–water partition coefficient (Wildman–Crippen LogP) is 1.64. The van der Waals surface area contributed by atoms with Crippen LogP contribution in [-0.2, 0) is 7.05 Å². The Bertz CT molecular complexity index is 732. The van der Waals surface area contributed by atoms with Crippen molar-refractivity contribution in [3.05, 3.63) is 23.1 Å². The van der Waals surface area contributed by atoms with Crippen molar-refractivity contribution in [1.82, 2.24) is 30.2 Å². The molecule has 1 aliphatic heterocycles. The summed E-state index contributed by atoms with van der Waals surface area (Å²) in [6, 6.07) is 2.25. The van der Waals surface area contributed by atoms with Crippen LogP contribution in [0.2, 0.25) is 0 Å². The quantitative estimate of drug-likeness (QED) is 0.873. The summed E-state index contributed by atoms with van der Waals surface area (Å²) in [7, 11) is 1.91. The minimum Gasteiger partial charge on any atom is -0.349 e. The zero-order valence-corrected chi connectivity index (χ0v) is 14.9. The van der Waals surface area contributed by atoms with Crippen LogP contribution in [0.25, 0.3) is 11.3 Å². The Hall–Kier alpha value is -2.15. The van der Waals surface area contributed by atoms with Gasteiger partial charge >= 0.3 is 0 Å². The van der Waals surface area contributed by atoms with Gasteiger partial charge in [0.15, 0.2) is 0 Å². The SMILES string of the molecule is CCN1CCC[C@H]1CNC(=O)c1cc(-c2c(C)nn(C)c2C)n[nH]1. The topological polar surface area (TPSA) is 78.8 Å². The van der Waals surface area contributed by atoms with Gasteiger partial charge in [-0.2, -0.15) is 10.2 Å². The number of aryl methyl sites for hydroxylation is 2. The van der Waals surface area contributed by atoms with Crippen LogP contribution in [0.5, 0.6) is 0 Å². The second kappa shape index (κ2) is 6.76. The van der Waals surface area contributed by atoms with Gasteiger partial charge in [-0.05, 0) is 45.8 Å². The summed E-state index contributed by atoms with van der Waals surface area (Å²) in [6.45, 7) is 8.98. The molecule has 0 bridgehead atoms. The zero-order valence-electron chi connectivity index (χ0n) is 14.9. The number of hydrogen-bond donors (Lipinski definition) is 2. The van der Waals surface area contributed by atoms with Gasteiger partial charge in [-0.15, -0.1) is 0 Å². The van der Waals surface area contributed by atoms with Crippen molar-refractivity contribution in [3.63, 3.8) is 0 Å². The van der Waals surface area contributed by atoms with E-state index >= 15 is 0 Å². The van der Waals surface area contributed by atoms with Crippen molar-refractivity contribution in [3.8, 4) is 11.3 Å². The van der Waals surface area contributed by atoms with Gasteiger partial charge in [-0.25, -0.2) is 0 Å². The summed E-state index contributed by atoms with van der Waals surface area (Å²) in [6.07, 6.45) is 2.36. The van der Waals surface area contributed by atoms with E-state index in [9.17, 15) is 4.79 Å². The van der Waals surface area contributed by atoms with E-state index in [2.05, 4.69) is 32.4 Å². The maximum absolute atomic E-state index is 12.4. The Morgan fingerprint density at radius 2 is 2.25 bits per heavy atom. The minimum atomic E-state index is -0.101. The smallest absolute Gasteiger partial charge is 0.269 e. The van der Waals surface area contributed by atoms with Gasteiger partial charge in [0.05, 0.1) is 11.4 Å². The standard InChI is InChI=1S/C17H26N6O/c1-5-23-8-6-7-13(23)10-18-17(24)15-9-14(19-20-15)16-11(2)21-22(4)12(16)3/h9,13H,5-8,10H2,1-4H3,(H,18,24)(H,19,20)/t13-/m0/s1. The molecular formula is C17H26N6O. The molecule has 7 nitrogen and oxygen atoms in total.